The molecule has 0 bridgehead atoms. The highest BCUT2D eigenvalue weighted by Gasteiger charge is 2.19. The Bertz CT molecular complexity index is 486. The van der Waals surface area contributed by atoms with Gasteiger partial charge in [0.05, 0.1) is 18.8 Å². The Morgan fingerprint density at radius 2 is 2.33 bits per heavy atom. The maximum absolute atomic E-state index is 13.9. The van der Waals surface area contributed by atoms with Crippen LogP contribution in [-0.2, 0) is 16.0 Å². The summed E-state index contributed by atoms with van der Waals surface area (Å²) >= 11 is 0. The first kappa shape index (κ1) is 15.9. The fourth-order valence-electron chi connectivity index (χ4n) is 2.57. The minimum Gasteiger partial charge on any atom is -0.465 e. The van der Waals surface area contributed by atoms with Gasteiger partial charge in [0.1, 0.15) is 5.82 Å². The van der Waals surface area contributed by atoms with E-state index < -0.39 is 11.8 Å². The number of hydrogen-bond donors (Lipinski definition) is 0. The average molecular weight is 295 g/mol. The van der Waals surface area contributed by atoms with Crippen LogP contribution in [0.2, 0.25) is 0 Å². The minimum absolute atomic E-state index is 0.0246. The molecule has 5 heteroatoms. The molecule has 2 rings (SSSR count). The van der Waals surface area contributed by atoms with Gasteiger partial charge in [-0.15, -0.1) is 0 Å². The van der Waals surface area contributed by atoms with Crippen molar-refractivity contribution in [2.24, 2.45) is 0 Å². The van der Waals surface area contributed by atoms with E-state index in [9.17, 15) is 9.18 Å². The van der Waals surface area contributed by atoms with Crippen molar-refractivity contribution in [2.45, 2.75) is 32.4 Å². The predicted octanol–water partition coefficient (Wildman–Crippen LogP) is 2.61. The van der Waals surface area contributed by atoms with Gasteiger partial charge in [-0.1, -0.05) is 13.0 Å². The van der Waals surface area contributed by atoms with Crippen molar-refractivity contribution in [3.8, 4) is 0 Å². The molecule has 1 heterocycles. The fourth-order valence-corrected chi connectivity index (χ4v) is 2.57. The van der Waals surface area contributed by atoms with Crippen LogP contribution in [0.15, 0.2) is 18.2 Å². The van der Waals surface area contributed by atoms with Crippen molar-refractivity contribution < 1.29 is 18.7 Å². The van der Waals surface area contributed by atoms with Gasteiger partial charge in [0.2, 0.25) is 0 Å². The van der Waals surface area contributed by atoms with E-state index in [2.05, 4.69) is 16.6 Å². The number of hydrogen-bond acceptors (Lipinski definition) is 4. The zero-order chi connectivity index (χ0) is 15.2. The second kappa shape index (κ2) is 7.52. The van der Waals surface area contributed by atoms with Gasteiger partial charge in [-0.05, 0) is 37.1 Å². The molecule has 1 unspecified atom stereocenters. The van der Waals surface area contributed by atoms with Crippen molar-refractivity contribution in [3.63, 3.8) is 0 Å². The largest absolute Gasteiger partial charge is 0.465 e. The van der Waals surface area contributed by atoms with Crippen LogP contribution in [0.3, 0.4) is 0 Å². The minimum atomic E-state index is -0.647. The van der Waals surface area contributed by atoms with Gasteiger partial charge >= 0.3 is 5.97 Å². The maximum Gasteiger partial charge on any atom is 0.340 e. The van der Waals surface area contributed by atoms with Crippen molar-refractivity contribution in [3.05, 3.63) is 35.1 Å². The van der Waals surface area contributed by atoms with Crippen LogP contribution in [0.25, 0.3) is 0 Å². The van der Waals surface area contributed by atoms with Crippen LogP contribution in [0.5, 0.6) is 0 Å². The molecule has 1 fully saturated rings. The third kappa shape index (κ3) is 4.25. The lowest BCUT2D eigenvalue weighted by Crippen LogP contribution is -2.31. The highest BCUT2D eigenvalue weighted by atomic mass is 19.1. The third-order valence-electron chi connectivity index (χ3n) is 3.78. The van der Waals surface area contributed by atoms with E-state index in [1.807, 2.05) is 0 Å². The van der Waals surface area contributed by atoms with E-state index in [-0.39, 0.29) is 11.7 Å². The van der Waals surface area contributed by atoms with E-state index in [4.69, 9.17) is 4.74 Å². The lowest BCUT2D eigenvalue weighted by atomic mass is 10.1. The molecule has 1 aromatic carbocycles. The van der Waals surface area contributed by atoms with Crippen LogP contribution >= 0.6 is 0 Å². The summed E-state index contributed by atoms with van der Waals surface area (Å²) in [5.74, 6) is -1.18. The topological polar surface area (TPSA) is 38.8 Å². The first-order valence-corrected chi connectivity index (χ1v) is 7.34. The standard InChI is InChI=1S/C16H22FNO3/c1-3-18(11-13-5-4-8-21-13)10-12-6-7-14(15(17)9-12)16(19)20-2/h6-7,9,13H,3-5,8,10-11H2,1-2H3. The molecule has 1 atom stereocenters. The fraction of sp³-hybridized carbons (Fsp3) is 0.562. The highest BCUT2D eigenvalue weighted by molar-refractivity contribution is 5.89. The number of halogens is 1. The third-order valence-corrected chi connectivity index (χ3v) is 3.78. The Hall–Kier alpha value is -1.46. The van der Waals surface area contributed by atoms with Crippen LogP contribution in [0.1, 0.15) is 35.7 Å². The molecular weight excluding hydrogens is 273 g/mol. The number of likely N-dealkylation sites (N-methyl/N-ethyl adjacent to an activating group) is 1. The molecule has 21 heavy (non-hydrogen) atoms. The van der Waals surface area contributed by atoms with Gasteiger partial charge < -0.3 is 9.47 Å². The summed E-state index contributed by atoms with van der Waals surface area (Å²) < 4.78 is 24.1. The molecule has 1 aliphatic heterocycles. The molecule has 0 saturated carbocycles. The molecule has 0 aliphatic carbocycles. The predicted molar refractivity (Wildman–Crippen MR) is 77.7 cm³/mol. The van der Waals surface area contributed by atoms with Crippen LogP contribution in [0, 0.1) is 5.82 Å². The molecular formula is C16H22FNO3. The highest BCUT2D eigenvalue weighted by Crippen LogP contribution is 2.17. The number of ether oxygens (including phenoxy) is 2. The Balaban J connectivity index is 2.00. The van der Waals surface area contributed by atoms with Crippen molar-refractivity contribution >= 4 is 5.97 Å². The molecule has 0 radical (unpaired) electrons. The number of nitrogens with zero attached hydrogens (tertiary/aromatic N) is 1. The molecule has 1 aromatic rings. The number of benzene rings is 1. The number of carbonyl (C=O) groups excluding carboxylic acids is 1. The molecule has 116 valence electrons. The Morgan fingerprint density at radius 3 is 2.90 bits per heavy atom. The molecule has 0 aromatic heterocycles. The molecule has 1 aliphatic rings. The van der Waals surface area contributed by atoms with E-state index in [1.54, 1.807) is 6.07 Å². The van der Waals surface area contributed by atoms with Crippen molar-refractivity contribution in [2.75, 3.05) is 26.8 Å². The first-order chi connectivity index (χ1) is 10.1. The Labute approximate surface area is 124 Å². The molecule has 0 N–H and O–H groups in total. The summed E-state index contributed by atoms with van der Waals surface area (Å²) in [6, 6.07) is 4.66. The number of rotatable bonds is 6. The second-order valence-electron chi connectivity index (χ2n) is 5.27. The summed E-state index contributed by atoms with van der Waals surface area (Å²) in [7, 11) is 1.25. The number of methoxy groups -OCH3 is 1. The van der Waals surface area contributed by atoms with Gasteiger partial charge in [0.15, 0.2) is 0 Å². The summed E-state index contributed by atoms with van der Waals surface area (Å²) in [6.45, 7) is 5.30. The summed E-state index contributed by atoms with van der Waals surface area (Å²) in [5.41, 5.74) is 0.823. The Kier molecular flexibility index (Phi) is 5.70. The lowest BCUT2D eigenvalue weighted by Gasteiger charge is -2.23. The first-order valence-electron chi connectivity index (χ1n) is 7.34. The van der Waals surface area contributed by atoms with E-state index in [0.29, 0.717) is 6.54 Å². The van der Waals surface area contributed by atoms with E-state index >= 15 is 0 Å². The zero-order valence-electron chi connectivity index (χ0n) is 12.6. The van der Waals surface area contributed by atoms with Gasteiger partial charge in [0.25, 0.3) is 0 Å². The summed E-state index contributed by atoms with van der Waals surface area (Å²) in [5, 5.41) is 0. The average Bonchev–Trinajstić information content (AvgIpc) is 2.99. The van der Waals surface area contributed by atoms with E-state index in [1.165, 1.54) is 19.2 Å². The van der Waals surface area contributed by atoms with Crippen LogP contribution in [-0.4, -0.2) is 43.8 Å². The maximum atomic E-state index is 13.9. The summed E-state index contributed by atoms with van der Waals surface area (Å²) in [4.78, 5) is 13.6. The summed E-state index contributed by atoms with van der Waals surface area (Å²) in [6.07, 6.45) is 2.49. The quantitative estimate of drug-likeness (QED) is 0.756. The number of esters is 1. The second-order valence-corrected chi connectivity index (χ2v) is 5.27. The SMILES string of the molecule is CCN(Cc1ccc(C(=O)OC)c(F)c1)CC1CCCO1. The smallest absolute Gasteiger partial charge is 0.340 e. The molecule has 0 amide bonds. The molecule has 0 spiro atoms. The van der Waals surface area contributed by atoms with Crippen LogP contribution in [0.4, 0.5) is 4.39 Å². The van der Waals surface area contributed by atoms with E-state index in [0.717, 1.165) is 38.1 Å². The van der Waals surface area contributed by atoms with Crippen molar-refractivity contribution in [1.29, 1.82) is 0 Å². The normalized spacial score (nSPS) is 18.2. The van der Waals surface area contributed by atoms with Crippen molar-refractivity contribution in [1.82, 2.24) is 4.90 Å². The van der Waals surface area contributed by atoms with Gasteiger partial charge in [-0.3, -0.25) is 4.90 Å². The van der Waals surface area contributed by atoms with Crippen LogP contribution < -0.4 is 0 Å². The van der Waals surface area contributed by atoms with Gasteiger partial charge in [-0.2, -0.15) is 0 Å². The monoisotopic (exact) mass is 295 g/mol. The zero-order valence-corrected chi connectivity index (χ0v) is 12.6. The lowest BCUT2D eigenvalue weighted by molar-refractivity contribution is 0.0595. The molecule has 1 saturated heterocycles. The number of carbonyl (C=O) groups is 1. The van der Waals surface area contributed by atoms with Gasteiger partial charge in [-0.25, -0.2) is 9.18 Å². The Morgan fingerprint density at radius 1 is 1.52 bits per heavy atom. The van der Waals surface area contributed by atoms with Gasteiger partial charge in [0, 0.05) is 19.7 Å². The molecule has 4 nitrogen and oxygen atoms in total.